The first kappa shape index (κ1) is 11.3. The van der Waals surface area contributed by atoms with Gasteiger partial charge in [-0.25, -0.2) is 0 Å². The summed E-state index contributed by atoms with van der Waals surface area (Å²) in [6.45, 7) is 5.98. The van der Waals surface area contributed by atoms with Crippen LogP contribution in [0.3, 0.4) is 0 Å². The lowest BCUT2D eigenvalue weighted by molar-refractivity contribution is -0.393. The number of aromatic amines is 1. The average molecular weight is 206 g/mol. The highest BCUT2D eigenvalue weighted by molar-refractivity contribution is 5.88. The zero-order valence-electron chi connectivity index (χ0n) is 9.20. The number of pyridine rings is 1. The number of hydrogen-bond acceptors (Lipinski definition) is 2. The highest BCUT2D eigenvalue weighted by atomic mass is 16.3. The summed E-state index contributed by atoms with van der Waals surface area (Å²) in [6.07, 6.45) is 1.66. The van der Waals surface area contributed by atoms with Crippen LogP contribution in [0.5, 0.6) is 11.6 Å². The summed E-state index contributed by atoms with van der Waals surface area (Å²) in [5, 5.41) is 20.2. The third-order valence-electron chi connectivity index (χ3n) is 2.05. The molecule has 0 spiro atoms. The number of rotatable bonds is 0. The monoisotopic (exact) mass is 206 g/mol. The van der Waals surface area contributed by atoms with Gasteiger partial charge in [0.1, 0.15) is 0 Å². The third kappa shape index (κ3) is 2.18. The highest BCUT2D eigenvalue weighted by Crippen LogP contribution is 2.28. The fraction of sp³-hybridized carbons (Fsp3) is 0.250. The largest absolute Gasteiger partial charge is 0.499 e. The van der Waals surface area contributed by atoms with Crippen molar-refractivity contribution in [3.05, 3.63) is 30.0 Å². The molecule has 0 aliphatic heterocycles. The molecule has 0 radical (unpaired) electrons. The summed E-state index contributed by atoms with van der Waals surface area (Å²) in [5.41, 5.74) is 1.12. The van der Waals surface area contributed by atoms with Crippen molar-refractivity contribution < 1.29 is 15.2 Å². The molecule has 80 valence electrons. The molecule has 0 unspecified atom stereocenters. The van der Waals surface area contributed by atoms with Gasteiger partial charge in [0.15, 0.2) is 6.20 Å². The third-order valence-corrected chi connectivity index (χ3v) is 2.05. The minimum atomic E-state index is -0.198. The van der Waals surface area contributed by atoms with Crippen molar-refractivity contribution in [1.29, 1.82) is 0 Å². The van der Waals surface area contributed by atoms with Gasteiger partial charge in [-0.3, -0.25) is 0 Å². The van der Waals surface area contributed by atoms with Gasteiger partial charge in [0.25, 0.3) is 0 Å². The Bertz CT molecular complexity index is 466. The first-order valence-electron chi connectivity index (χ1n) is 5.01. The van der Waals surface area contributed by atoms with Gasteiger partial charge in [-0.1, -0.05) is 25.5 Å². The second-order valence-electron chi connectivity index (χ2n) is 3.08. The quantitative estimate of drug-likeness (QED) is 0.695. The van der Waals surface area contributed by atoms with Gasteiger partial charge < -0.3 is 10.2 Å². The summed E-state index contributed by atoms with van der Waals surface area (Å²) < 4.78 is 0. The standard InChI is InChI=1S/C10H9NO2.C2H6/c1-6-2-3-8-7(4-6)5-11-10(13)9(8)12;1-2/h2-5,12H,1H3,(H,11,13);1-2H3/p+1. The van der Waals surface area contributed by atoms with E-state index in [1.807, 2.05) is 32.9 Å². The number of nitrogens with one attached hydrogen (secondary N) is 1. The highest BCUT2D eigenvalue weighted by Gasteiger charge is 2.11. The van der Waals surface area contributed by atoms with Gasteiger partial charge in [0, 0.05) is 10.8 Å². The first-order chi connectivity index (χ1) is 7.18. The predicted molar refractivity (Wildman–Crippen MR) is 59.9 cm³/mol. The number of aromatic nitrogens is 1. The van der Waals surface area contributed by atoms with Crippen molar-refractivity contribution in [3.8, 4) is 11.6 Å². The van der Waals surface area contributed by atoms with Crippen LogP contribution in [0.25, 0.3) is 10.8 Å². The molecule has 0 saturated carbocycles. The molecule has 1 aromatic heterocycles. The van der Waals surface area contributed by atoms with Crippen LogP contribution in [0.2, 0.25) is 0 Å². The Morgan fingerprint density at radius 2 is 1.80 bits per heavy atom. The minimum Gasteiger partial charge on any atom is -0.499 e. The van der Waals surface area contributed by atoms with Gasteiger partial charge >= 0.3 is 5.88 Å². The van der Waals surface area contributed by atoms with Crippen LogP contribution in [0.4, 0.5) is 0 Å². The summed E-state index contributed by atoms with van der Waals surface area (Å²) >= 11 is 0. The fourth-order valence-corrected chi connectivity index (χ4v) is 1.36. The number of fused-ring (bicyclic) bond motifs is 1. The van der Waals surface area contributed by atoms with Gasteiger partial charge in [0.05, 0.1) is 0 Å². The summed E-state index contributed by atoms with van der Waals surface area (Å²) in [5.74, 6) is -0.297. The van der Waals surface area contributed by atoms with Crippen molar-refractivity contribution in [3.63, 3.8) is 0 Å². The Morgan fingerprint density at radius 1 is 1.13 bits per heavy atom. The van der Waals surface area contributed by atoms with E-state index in [-0.39, 0.29) is 11.6 Å². The van der Waals surface area contributed by atoms with Crippen molar-refractivity contribution in [1.82, 2.24) is 0 Å². The van der Waals surface area contributed by atoms with E-state index in [1.54, 1.807) is 12.3 Å². The molecule has 0 saturated heterocycles. The maximum absolute atomic E-state index is 9.47. The van der Waals surface area contributed by atoms with Crippen LogP contribution in [-0.4, -0.2) is 10.2 Å². The lowest BCUT2D eigenvalue weighted by atomic mass is 10.1. The predicted octanol–water partition coefficient (Wildman–Crippen LogP) is 2.40. The Hall–Kier alpha value is -1.77. The lowest BCUT2D eigenvalue weighted by Gasteiger charge is -1.98. The first-order valence-corrected chi connectivity index (χ1v) is 5.01. The van der Waals surface area contributed by atoms with Crippen LogP contribution in [-0.2, 0) is 0 Å². The van der Waals surface area contributed by atoms with Crippen molar-refractivity contribution in [2.45, 2.75) is 20.8 Å². The molecule has 1 aromatic carbocycles. The summed E-state index contributed by atoms with van der Waals surface area (Å²) in [4.78, 5) is 2.58. The summed E-state index contributed by atoms with van der Waals surface area (Å²) in [7, 11) is 0. The number of aryl methyl sites for hydroxylation is 1. The molecule has 0 aliphatic rings. The fourth-order valence-electron chi connectivity index (χ4n) is 1.36. The van der Waals surface area contributed by atoms with Crippen LogP contribution in [0.15, 0.2) is 24.4 Å². The van der Waals surface area contributed by atoms with Crippen LogP contribution in [0, 0.1) is 6.92 Å². The smallest absolute Gasteiger partial charge is 0.407 e. The van der Waals surface area contributed by atoms with Gasteiger partial charge in [-0.15, -0.1) is 0 Å². The molecule has 3 nitrogen and oxygen atoms in total. The summed E-state index contributed by atoms with van der Waals surface area (Å²) in [6, 6.07) is 5.61. The molecule has 3 N–H and O–H groups in total. The lowest BCUT2D eigenvalue weighted by Crippen LogP contribution is -2.00. The molecule has 1 heterocycles. The molecule has 2 rings (SSSR count). The molecule has 15 heavy (non-hydrogen) atoms. The van der Waals surface area contributed by atoms with Crippen LogP contribution >= 0.6 is 0 Å². The van der Waals surface area contributed by atoms with Crippen molar-refractivity contribution in [2.24, 2.45) is 0 Å². The van der Waals surface area contributed by atoms with E-state index in [0.717, 1.165) is 10.9 Å². The average Bonchev–Trinajstić information content (AvgIpc) is 2.26. The van der Waals surface area contributed by atoms with Crippen molar-refractivity contribution >= 4 is 10.8 Å². The van der Waals surface area contributed by atoms with Crippen LogP contribution in [0.1, 0.15) is 19.4 Å². The van der Waals surface area contributed by atoms with E-state index in [9.17, 15) is 10.2 Å². The molecule has 0 fully saturated rings. The SMILES string of the molecule is CC.Cc1ccc2c(O)c(O)[nH+]cc2c1. The van der Waals surface area contributed by atoms with E-state index in [2.05, 4.69) is 4.98 Å². The molecular weight excluding hydrogens is 190 g/mol. The Balaban J connectivity index is 0.000000531. The molecule has 0 amide bonds. The number of hydrogen-bond donors (Lipinski definition) is 2. The van der Waals surface area contributed by atoms with E-state index >= 15 is 0 Å². The van der Waals surface area contributed by atoms with E-state index in [0.29, 0.717) is 5.39 Å². The molecular formula is C12H16NO2+. The maximum Gasteiger partial charge on any atom is 0.407 e. The Labute approximate surface area is 89.0 Å². The number of H-pyrrole nitrogens is 1. The van der Waals surface area contributed by atoms with E-state index < -0.39 is 0 Å². The van der Waals surface area contributed by atoms with E-state index in [4.69, 9.17) is 0 Å². The van der Waals surface area contributed by atoms with E-state index in [1.165, 1.54) is 0 Å². The number of aromatic hydroxyl groups is 2. The van der Waals surface area contributed by atoms with Crippen molar-refractivity contribution in [2.75, 3.05) is 0 Å². The maximum atomic E-state index is 9.47. The van der Waals surface area contributed by atoms with Gasteiger partial charge in [-0.2, -0.15) is 4.98 Å². The Morgan fingerprint density at radius 3 is 2.47 bits per heavy atom. The Kier molecular flexibility index (Phi) is 3.50. The zero-order valence-corrected chi connectivity index (χ0v) is 9.20. The zero-order chi connectivity index (χ0) is 11.4. The second kappa shape index (κ2) is 4.64. The normalized spacial score (nSPS) is 9.53. The molecule has 0 atom stereocenters. The minimum absolute atomic E-state index is 0.0995. The number of benzene rings is 1. The molecule has 2 aromatic rings. The second-order valence-corrected chi connectivity index (χ2v) is 3.08. The molecule has 3 heteroatoms. The topological polar surface area (TPSA) is 54.6 Å². The van der Waals surface area contributed by atoms with Crippen LogP contribution < -0.4 is 4.98 Å². The molecule has 0 aliphatic carbocycles. The van der Waals surface area contributed by atoms with Gasteiger partial charge in [0.2, 0.25) is 5.75 Å². The molecule has 0 bridgehead atoms. The van der Waals surface area contributed by atoms with Gasteiger partial charge in [-0.05, 0) is 19.1 Å².